The SMILES string of the molecule is CNCCOc1cccc(CC(C)C(N)C(O)c2cccc(Cl)c2)c1. The molecular weight excluding hydrogens is 336 g/mol. The van der Waals surface area contributed by atoms with Crippen molar-refractivity contribution in [2.45, 2.75) is 25.5 Å². The highest BCUT2D eigenvalue weighted by atomic mass is 35.5. The van der Waals surface area contributed by atoms with E-state index in [9.17, 15) is 5.11 Å². The molecule has 136 valence electrons. The predicted octanol–water partition coefficient (Wildman–Crippen LogP) is 3.18. The first kappa shape index (κ1) is 19.7. The van der Waals surface area contributed by atoms with Gasteiger partial charge in [-0.3, -0.25) is 0 Å². The van der Waals surface area contributed by atoms with Gasteiger partial charge in [-0.2, -0.15) is 0 Å². The second-order valence-electron chi connectivity index (χ2n) is 6.36. The van der Waals surface area contributed by atoms with E-state index in [1.54, 1.807) is 12.1 Å². The monoisotopic (exact) mass is 362 g/mol. The lowest BCUT2D eigenvalue weighted by Gasteiger charge is -2.25. The molecule has 0 heterocycles. The van der Waals surface area contributed by atoms with Crippen LogP contribution in [0, 0.1) is 5.92 Å². The lowest BCUT2D eigenvalue weighted by molar-refractivity contribution is 0.121. The molecular formula is C20H27ClN2O2. The number of hydrogen-bond acceptors (Lipinski definition) is 4. The van der Waals surface area contributed by atoms with Crippen molar-refractivity contribution in [3.63, 3.8) is 0 Å². The van der Waals surface area contributed by atoms with Gasteiger partial charge in [-0.05, 0) is 54.8 Å². The molecule has 0 amide bonds. The minimum absolute atomic E-state index is 0.0986. The van der Waals surface area contributed by atoms with E-state index in [2.05, 4.69) is 11.4 Å². The molecule has 4 N–H and O–H groups in total. The van der Waals surface area contributed by atoms with Gasteiger partial charge in [0.15, 0.2) is 0 Å². The molecule has 0 saturated carbocycles. The van der Waals surface area contributed by atoms with E-state index in [-0.39, 0.29) is 12.0 Å². The number of halogens is 1. The molecule has 0 bridgehead atoms. The van der Waals surface area contributed by atoms with Crippen molar-refractivity contribution < 1.29 is 9.84 Å². The molecule has 2 aromatic rings. The Morgan fingerprint density at radius 3 is 2.68 bits per heavy atom. The summed E-state index contributed by atoms with van der Waals surface area (Å²) < 4.78 is 5.70. The first-order valence-electron chi connectivity index (χ1n) is 8.56. The summed E-state index contributed by atoms with van der Waals surface area (Å²) in [5.41, 5.74) is 8.18. The third kappa shape index (κ3) is 6.01. The molecule has 0 radical (unpaired) electrons. The molecule has 2 aromatic carbocycles. The molecule has 3 unspecified atom stereocenters. The van der Waals surface area contributed by atoms with E-state index in [1.807, 2.05) is 44.3 Å². The van der Waals surface area contributed by atoms with Crippen LogP contribution >= 0.6 is 11.6 Å². The highest BCUT2D eigenvalue weighted by Crippen LogP contribution is 2.25. The molecule has 5 heteroatoms. The molecule has 0 aliphatic heterocycles. The smallest absolute Gasteiger partial charge is 0.119 e. The second kappa shape index (κ2) is 9.78. The van der Waals surface area contributed by atoms with Crippen LogP contribution in [0.3, 0.4) is 0 Å². The first-order chi connectivity index (χ1) is 12.0. The number of likely N-dealkylation sites (N-methyl/N-ethyl adjacent to an activating group) is 1. The fraction of sp³-hybridized carbons (Fsp3) is 0.400. The lowest BCUT2D eigenvalue weighted by Crippen LogP contribution is -2.36. The maximum Gasteiger partial charge on any atom is 0.119 e. The van der Waals surface area contributed by atoms with Crippen molar-refractivity contribution in [1.82, 2.24) is 5.32 Å². The van der Waals surface area contributed by atoms with Crippen molar-refractivity contribution in [3.05, 3.63) is 64.7 Å². The lowest BCUT2D eigenvalue weighted by atomic mass is 9.88. The van der Waals surface area contributed by atoms with Crippen molar-refractivity contribution >= 4 is 11.6 Å². The van der Waals surface area contributed by atoms with Crippen LogP contribution in [-0.2, 0) is 6.42 Å². The van der Waals surface area contributed by atoms with Crippen LogP contribution in [0.2, 0.25) is 5.02 Å². The van der Waals surface area contributed by atoms with Crippen molar-refractivity contribution in [2.24, 2.45) is 11.7 Å². The molecule has 0 spiro atoms. The molecule has 4 nitrogen and oxygen atoms in total. The zero-order valence-corrected chi connectivity index (χ0v) is 15.5. The first-order valence-corrected chi connectivity index (χ1v) is 8.94. The second-order valence-corrected chi connectivity index (χ2v) is 6.79. The number of aliphatic hydroxyl groups is 1. The van der Waals surface area contributed by atoms with E-state index in [1.165, 1.54) is 0 Å². The Labute approximate surface area is 155 Å². The van der Waals surface area contributed by atoms with Gasteiger partial charge < -0.3 is 20.9 Å². The Kier molecular flexibility index (Phi) is 7.72. The Morgan fingerprint density at radius 1 is 1.20 bits per heavy atom. The number of hydrogen-bond donors (Lipinski definition) is 3. The predicted molar refractivity (Wildman–Crippen MR) is 103 cm³/mol. The number of rotatable bonds is 9. The Balaban J connectivity index is 1.98. The minimum Gasteiger partial charge on any atom is -0.492 e. The molecule has 25 heavy (non-hydrogen) atoms. The number of ether oxygens (including phenoxy) is 1. The van der Waals surface area contributed by atoms with E-state index in [0.29, 0.717) is 11.6 Å². The third-order valence-corrected chi connectivity index (χ3v) is 4.52. The molecule has 0 aliphatic carbocycles. The van der Waals surface area contributed by atoms with Crippen molar-refractivity contribution in [1.29, 1.82) is 0 Å². The van der Waals surface area contributed by atoms with Crippen LogP contribution in [0.25, 0.3) is 0 Å². The fourth-order valence-corrected chi connectivity index (χ4v) is 2.96. The van der Waals surface area contributed by atoms with Crippen LogP contribution in [0.1, 0.15) is 24.2 Å². The van der Waals surface area contributed by atoms with E-state index < -0.39 is 6.10 Å². The summed E-state index contributed by atoms with van der Waals surface area (Å²) in [5, 5.41) is 14.2. The van der Waals surface area contributed by atoms with Gasteiger partial charge in [0.1, 0.15) is 12.4 Å². The average molecular weight is 363 g/mol. The van der Waals surface area contributed by atoms with Gasteiger partial charge in [-0.15, -0.1) is 0 Å². The summed E-state index contributed by atoms with van der Waals surface area (Å²) in [7, 11) is 1.90. The zero-order chi connectivity index (χ0) is 18.2. The summed E-state index contributed by atoms with van der Waals surface area (Å²) >= 11 is 6.00. The van der Waals surface area contributed by atoms with Gasteiger partial charge in [-0.1, -0.05) is 42.8 Å². The van der Waals surface area contributed by atoms with Crippen LogP contribution in [0.4, 0.5) is 0 Å². The number of nitrogens with two attached hydrogens (primary N) is 1. The standard InChI is InChI=1S/C20H27ClN2O2/c1-14(19(22)20(24)16-6-4-7-17(21)13-16)11-15-5-3-8-18(12-15)25-10-9-23-2/h3-8,12-14,19-20,23-24H,9-11,22H2,1-2H3. The van der Waals surface area contributed by atoms with Gasteiger partial charge in [0.05, 0.1) is 6.10 Å². The summed E-state index contributed by atoms with van der Waals surface area (Å²) in [5.74, 6) is 0.949. The van der Waals surface area contributed by atoms with Crippen LogP contribution in [0.5, 0.6) is 5.75 Å². The van der Waals surface area contributed by atoms with Gasteiger partial charge in [0.25, 0.3) is 0 Å². The maximum absolute atomic E-state index is 10.5. The van der Waals surface area contributed by atoms with Crippen LogP contribution in [0.15, 0.2) is 48.5 Å². The summed E-state index contributed by atoms with van der Waals surface area (Å²) in [6.45, 7) is 3.48. The molecule has 0 fully saturated rings. The van der Waals surface area contributed by atoms with E-state index in [0.717, 1.165) is 29.8 Å². The molecule has 0 saturated heterocycles. The quantitative estimate of drug-likeness (QED) is 0.599. The Morgan fingerprint density at radius 2 is 1.96 bits per heavy atom. The Hall–Kier alpha value is -1.59. The van der Waals surface area contributed by atoms with E-state index >= 15 is 0 Å². The van der Waals surface area contributed by atoms with E-state index in [4.69, 9.17) is 22.1 Å². The fourth-order valence-electron chi connectivity index (χ4n) is 2.77. The highest BCUT2D eigenvalue weighted by molar-refractivity contribution is 6.30. The van der Waals surface area contributed by atoms with Crippen molar-refractivity contribution in [3.8, 4) is 5.75 Å². The Bertz CT molecular complexity index is 666. The molecule has 0 aromatic heterocycles. The molecule has 3 atom stereocenters. The maximum atomic E-state index is 10.5. The summed E-state index contributed by atoms with van der Waals surface area (Å²) in [6.07, 6.45) is 0.0194. The van der Waals surface area contributed by atoms with Crippen LogP contribution < -0.4 is 15.8 Å². The molecule has 2 rings (SSSR count). The summed E-state index contributed by atoms with van der Waals surface area (Å²) in [4.78, 5) is 0. The van der Waals surface area contributed by atoms with Gasteiger partial charge in [0, 0.05) is 17.6 Å². The van der Waals surface area contributed by atoms with Crippen LogP contribution in [-0.4, -0.2) is 31.3 Å². The zero-order valence-electron chi connectivity index (χ0n) is 14.8. The van der Waals surface area contributed by atoms with Gasteiger partial charge >= 0.3 is 0 Å². The number of nitrogens with one attached hydrogen (secondary N) is 1. The topological polar surface area (TPSA) is 67.5 Å². The molecule has 0 aliphatic rings. The summed E-state index contributed by atoms with van der Waals surface area (Å²) in [6, 6.07) is 14.8. The highest BCUT2D eigenvalue weighted by Gasteiger charge is 2.23. The van der Waals surface area contributed by atoms with Gasteiger partial charge in [0.2, 0.25) is 0 Å². The average Bonchev–Trinajstić information content (AvgIpc) is 2.61. The minimum atomic E-state index is -0.747. The number of benzene rings is 2. The normalized spacial score (nSPS) is 14.8. The number of aliphatic hydroxyl groups excluding tert-OH is 1. The van der Waals surface area contributed by atoms with Gasteiger partial charge in [-0.25, -0.2) is 0 Å². The largest absolute Gasteiger partial charge is 0.492 e. The van der Waals surface area contributed by atoms with Crippen molar-refractivity contribution in [2.75, 3.05) is 20.2 Å². The third-order valence-electron chi connectivity index (χ3n) is 4.29.